The van der Waals surface area contributed by atoms with E-state index in [0.29, 0.717) is 0 Å². The number of hydrogen-bond acceptors (Lipinski definition) is 4. The molecule has 0 saturated carbocycles. The molecule has 0 radical (unpaired) electrons. The Morgan fingerprint density at radius 2 is 1.27 bits per heavy atom. The fourth-order valence-electron chi connectivity index (χ4n) is 3.01. The summed E-state index contributed by atoms with van der Waals surface area (Å²) in [5, 5.41) is 20.1. The van der Waals surface area contributed by atoms with Gasteiger partial charge in [0.1, 0.15) is 0 Å². The summed E-state index contributed by atoms with van der Waals surface area (Å²) in [7, 11) is 0. The molecule has 4 rings (SSSR count). The molecule has 0 fully saturated rings. The molecule has 1 heterocycles. The van der Waals surface area contributed by atoms with E-state index in [-0.39, 0.29) is 0 Å². The van der Waals surface area contributed by atoms with Crippen molar-refractivity contribution in [1.29, 1.82) is 0 Å². The van der Waals surface area contributed by atoms with Crippen LogP contribution in [-0.2, 0) is 6.42 Å². The third kappa shape index (κ3) is 7.70. The summed E-state index contributed by atoms with van der Waals surface area (Å²) in [5.41, 5.74) is 3.06. The van der Waals surface area contributed by atoms with Gasteiger partial charge in [-0.25, -0.2) is 0 Å². The topological polar surface area (TPSA) is 66.1 Å². The van der Waals surface area contributed by atoms with E-state index in [1.54, 1.807) is 0 Å². The molecule has 0 aliphatic heterocycles. The van der Waals surface area contributed by atoms with E-state index in [9.17, 15) is 0 Å². The van der Waals surface area contributed by atoms with Crippen molar-refractivity contribution >= 4 is 18.6 Å². The Morgan fingerprint density at radius 1 is 0.758 bits per heavy atom. The van der Waals surface area contributed by atoms with Crippen LogP contribution in [0.2, 0.25) is 0 Å². The Balaban J connectivity index is 0.000000286. The predicted molar refractivity (Wildman–Crippen MR) is 133 cm³/mol. The quantitative estimate of drug-likeness (QED) is 0.188. The normalized spacial score (nSPS) is 11.2. The third-order valence-corrected chi connectivity index (χ3v) is 4.62. The highest BCUT2D eigenvalue weighted by Gasteiger charge is 2.15. The van der Waals surface area contributed by atoms with Crippen molar-refractivity contribution in [1.82, 2.24) is 4.68 Å². The van der Waals surface area contributed by atoms with Gasteiger partial charge in [-0.1, -0.05) is 113 Å². The van der Waals surface area contributed by atoms with Crippen molar-refractivity contribution in [2.45, 2.75) is 19.8 Å². The molecule has 1 aromatic heterocycles. The molecule has 166 valence electrons. The zero-order valence-electron chi connectivity index (χ0n) is 18.6. The van der Waals surface area contributed by atoms with Crippen molar-refractivity contribution in [3.05, 3.63) is 126 Å². The molecule has 33 heavy (non-hydrogen) atoms. The SMILES string of the molecule is CCCc1n(/N=C/c2ccccc2)cc[n+]1/N=C/c1ccccc1.O/N=C\c1ccccc1. The number of oxime groups is 1. The van der Waals surface area contributed by atoms with Crippen LogP contribution in [0.4, 0.5) is 0 Å². The second-order valence-corrected chi connectivity index (χ2v) is 7.12. The van der Waals surface area contributed by atoms with E-state index < -0.39 is 0 Å². The molecule has 0 unspecified atom stereocenters. The first-order valence-corrected chi connectivity index (χ1v) is 10.8. The van der Waals surface area contributed by atoms with Crippen LogP contribution in [0.1, 0.15) is 35.9 Å². The van der Waals surface area contributed by atoms with E-state index in [1.165, 1.54) is 6.21 Å². The van der Waals surface area contributed by atoms with Gasteiger partial charge in [0.05, 0.1) is 25.1 Å². The van der Waals surface area contributed by atoms with Gasteiger partial charge in [0, 0.05) is 0 Å². The lowest BCUT2D eigenvalue weighted by atomic mass is 10.2. The molecule has 0 spiro atoms. The van der Waals surface area contributed by atoms with Gasteiger partial charge in [0.25, 0.3) is 0 Å². The van der Waals surface area contributed by atoms with Crippen LogP contribution >= 0.6 is 0 Å². The molecule has 1 N–H and O–H groups in total. The molecule has 4 aromatic rings. The van der Waals surface area contributed by atoms with Crippen LogP contribution in [0.15, 0.2) is 119 Å². The van der Waals surface area contributed by atoms with Gasteiger partial charge in [0.2, 0.25) is 0 Å². The predicted octanol–water partition coefficient (Wildman–Crippen LogP) is 4.99. The molecular formula is C27H28N5O+. The molecule has 0 aliphatic rings. The highest BCUT2D eigenvalue weighted by molar-refractivity contribution is 5.79. The zero-order chi connectivity index (χ0) is 23.1. The number of aromatic nitrogens is 2. The summed E-state index contributed by atoms with van der Waals surface area (Å²) in [5.74, 6) is 1.05. The van der Waals surface area contributed by atoms with Gasteiger partial charge in [-0.3, -0.25) is 0 Å². The van der Waals surface area contributed by atoms with E-state index in [4.69, 9.17) is 5.21 Å². The first-order valence-electron chi connectivity index (χ1n) is 10.8. The average Bonchev–Trinajstić information content (AvgIpc) is 3.26. The monoisotopic (exact) mass is 438 g/mol. The Morgan fingerprint density at radius 3 is 1.79 bits per heavy atom. The summed E-state index contributed by atoms with van der Waals surface area (Å²) in [6.45, 7) is 2.16. The summed E-state index contributed by atoms with van der Waals surface area (Å²) in [4.78, 5) is 0. The van der Waals surface area contributed by atoms with Crippen LogP contribution in [0.3, 0.4) is 0 Å². The summed E-state index contributed by atoms with van der Waals surface area (Å²) in [6, 6.07) is 29.6. The maximum atomic E-state index is 8.09. The van der Waals surface area contributed by atoms with Gasteiger partial charge < -0.3 is 5.21 Å². The molecular weight excluding hydrogens is 410 g/mol. The molecule has 0 saturated heterocycles. The van der Waals surface area contributed by atoms with Gasteiger partial charge in [0.15, 0.2) is 12.4 Å². The van der Waals surface area contributed by atoms with E-state index in [0.717, 1.165) is 35.4 Å². The fourth-order valence-corrected chi connectivity index (χ4v) is 3.01. The summed E-state index contributed by atoms with van der Waals surface area (Å²) < 4.78 is 3.78. The lowest BCUT2D eigenvalue weighted by molar-refractivity contribution is -0.685. The number of imidazole rings is 1. The van der Waals surface area contributed by atoms with Crippen LogP contribution < -0.4 is 4.68 Å². The van der Waals surface area contributed by atoms with Gasteiger partial charge in [-0.15, -0.1) is 9.35 Å². The molecule has 0 amide bonds. The fraction of sp³-hybridized carbons (Fsp3) is 0.111. The maximum absolute atomic E-state index is 8.09. The Bertz CT molecular complexity index is 1100. The standard InChI is InChI=1S/C20H21N4.C7H7NO/c1-2-9-20-23(21-16-18-10-5-3-6-11-18)14-15-24(20)22-17-19-12-7-4-8-13-19;9-8-6-7-4-2-1-3-5-7/h3-8,10-17H,2,9H2,1H3;1-6,9H/q+1;/b21-16+,22-17+;8-6-. The summed E-state index contributed by atoms with van der Waals surface area (Å²) >= 11 is 0. The van der Waals surface area contributed by atoms with E-state index in [1.807, 2.05) is 125 Å². The van der Waals surface area contributed by atoms with Crippen LogP contribution in [0.5, 0.6) is 0 Å². The molecule has 0 bridgehead atoms. The largest absolute Gasteiger partial charge is 0.411 e. The Kier molecular flexibility index (Phi) is 9.32. The van der Waals surface area contributed by atoms with Crippen molar-refractivity contribution in [2.75, 3.05) is 0 Å². The second-order valence-electron chi connectivity index (χ2n) is 7.12. The highest BCUT2D eigenvalue weighted by atomic mass is 16.4. The first-order chi connectivity index (χ1) is 16.3. The minimum absolute atomic E-state index is 0.903. The zero-order valence-corrected chi connectivity index (χ0v) is 18.6. The number of nitrogens with zero attached hydrogens (tertiary/aromatic N) is 5. The lowest BCUT2D eigenvalue weighted by Gasteiger charge is -1.96. The smallest absolute Gasteiger partial charge is 0.307 e. The van der Waals surface area contributed by atoms with Gasteiger partial charge in [-0.2, -0.15) is 0 Å². The number of benzene rings is 3. The van der Waals surface area contributed by atoms with Crippen LogP contribution in [-0.4, -0.2) is 28.5 Å². The average molecular weight is 439 g/mol. The Hall–Kier alpha value is -4.32. The van der Waals surface area contributed by atoms with E-state index >= 15 is 0 Å². The minimum atomic E-state index is 0.903. The van der Waals surface area contributed by atoms with Crippen molar-refractivity contribution in [3.63, 3.8) is 0 Å². The van der Waals surface area contributed by atoms with Crippen molar-refractivity contribution < 1.29 is 9.88 Å². The van der Waals surface area contributed by atoms with Gasteiger partial charge >= 0.3 is 5.82 Å². The summed E-state index contributed by atoms with van der Waals surface area (Å²) in [6.07, 6.45) is 10.9. The molecule has 6 nitrogen and oxygen atoms in total. The molecule has 0 atom stereocenters. The van der Waals surface area contributed by atoms with Crippen LogP contribution in [0.25, 0.3) is 0 Å². The van der Waals surface area contributed by atoms with Gasteiger partial charge in [-0.05, 0) is 23.1 Å². The van der Waals surface area contributed by atoms with Crippen molar-refractivity contribution in [2.24, 2.45) is 15.4 Å². The molecule has 0 aliphatic carbocycles. The first kappa shape index (κ1) is 23.3. The Labute approximate surface area is 194 Å². The third-order valence-electron chi connectivity index (χ3n) is 4.62. The lowest BCUT2D eigenvalue weighted by Crippen LogP contribution is -2.31. The molecule has 6 heteroatoms. The van der Waals surface area contributed by atoms with Crippen LogP contribution in [0, 0.1) is 0 Å². The van der Waals surface area contributed by atoms with E-state index in [2.05, 4.69) is 22.3 Å². The maximum Gasteiger partial charge on any atom is 0.307 e. The number of hydrogen-bond donors (Lipinski definition) is 1. The highest BCUT2D eigenvalue weighted by Crippen LogP contribution is 2.02. The minimum Gasteiger partial charge on any atom is -0.411 e. The van der Waals surface area contributed by atoms with Crippen molar-refractivity contribution in [3.8, 4) is 0 Å². The second kappa shape index (κ2) is 13.2. The number of rotatable bonds is 7. The molecule has 3 aromatic carbocycles.